The number of hydrogen-bond acceptors (Lipinski definition) is 7. The van der Waals surface area contributed by atoms with Gasteiger partial charge in [-0.25, -0.2) is 41.1 Å². The third-order valence-corrected chi connectivity index (χ3v) is 8.87. The van der Waals surface area contributed by atoms with Crippen molar-refractivity contribution in [2.24, 2.45) is 11.8 Å². The lowest BCUT2D eigenvalue weighted by molar-refractivity contribution is -0.0239. The Bertz CT molecular complexity index is 1040. The monoisotopic (exact) mass is 540 g/mol. The largest absolute Gasteiger partial charge is 0.453 e. The molecule has 196 valence electrons. The van der Waals surface area contributed by atoms with Crippen LogP contribution in [0, 0.1) is 11.8 Å². The summed E-state index contributed by atoms with van der Waals surface area (Å²) < 4.78 is 76.9. The molecule has 3 fully saturated rings. The minimum atomic E-state index is -4.35. The van der Waals surface area contributed by atoms with E-state index < -0.39 is 46.7 Å². The second kappa shape index (κ2) is 9.98. The fourth-order valence-electron chi connectivity index (χ4n) is 5.93. The Morgan fingerprint density at radius 2 is 2.03 bits per heavy atom. The smallest absolute Gasteiger partial charge is 0.410 e. The summed E-state index contributed by atoms with van der Waals surface area (Å²) in [6.45, 7) is 1.92. The van der Waals surface area contributed by atoms with Gasteiger partial charge in [0.05, 0.1) is 36.9 Å². The lowest BCUT2D eigenvalue weighted by atomic mass is 9.85. The number of rotatable bonds is 8. The van der Waals surface area contributed by atoms with Gasteiger partial charge in [-0.05, 0) is 37.5 Å². The van der Waals surface area contributed by atoms with Gasteiger partial charge in [0.15, 0.2) is 0 Å². The number of sulfonamides is 1. The number of ether oxygens (including phenoxy) is 2. The van der Waals surface area contributed by atoms with Crippen LogP contribution < -0.4 is 4.72 Å². The van der Waals surface area contributed by atoms with Crippen LogP contribution in [0.15, 0.2) is 12.4 Å². The third kappa shape index (κ3) is 4.96. The van der Waals surface area contributed by atoms with Crippen LogP contribution in [0.4, 0.5) is 18.0 Å². The molecule has 1 amide bonds. The molecule has 3 unspecified atom stereocenters. The Hall–Kier alpha value is -1.70. The molecule has 4 rings (SSSR count). The molecule has 0 bridgehead atoms. The second-order valence-electron chi connectivity index (χ2n) is 9.42. The molecule has 2 aliphatic carbocycles. The molecule has 1 aromatic rings. The molecule has 1 saturated heterocycles. The molecule has 1 aliphatic heterocycles. The van der Waals surface area contributed by atoms with Crippen molar-refractivity contribution in [3.63, 3.8) is 0 Å². The van der Waals surface area contributed by atoms with Crippen molar-refractivity contribution >= 4 is 27.7 Å². The predicted molar refractivity (Wildman–Crippen MR) is 119 cm³/mol. The van der Waals surface area contributed by atoms with E-state index in [1.807, 2.05) is 0 Å². The fraction of sp³-hybridized carbons (Fsp3) is 0.762. The van der Waals surface area contributed by atoms with Gasteiger partial charge in [0.25, 0.3) is 6.43 Å². The number of carbonyl (C=O) groups is 1. The summed E-state index contributed by atoms with van der Waals surface area (Å²) >= 11 is 5.92. The van der Waals surface area contributed by atoms with Gasteiger partial charge in [0.1, 0.15) is 5.82 Å². The van der Waals surface area contributed by atoms with Crippen molar-refractivity contribution in [2.75, 3.05) is 19.7 Å². The maximum absolute atomic E-state index is 13.7. The van der Waals surface area contributed by atoms with E-state index in [1.165, 1.54) is 0 Å². The highest BCUT2D eigenvalue weighted by Crippen LogP contribution is 2.66. The summed E-state index contributed by atoms with van der Waals surface area (Å²) in [6, 6.07) is -5.51. The zero-order valence-electron chi connectivity index (χ0n) is 19.2. The van der Waals surface area contributed by atoms with Crippen LogP contribution in [0.1, 0.15) is 38.4 Å². The Morgan fingerprint density at radius 1 is 1.34 bits per heavy atom. The number of nitrogens with one attached hydrogen (secondary N) is 1. The number of amides is 1. The van der Waals surface area contributed by atoms with Crippen LogP contribution in [-0.4, -0.2) is 79.8 Å². The van der Waals surface area contributed by atoms with Crippen LogP contribution in [-0.2, 0) is 24.9 Å². The van der Waals surface area contributed by atoms with Crippen LogP contribution >= 0.6 is 11.6 Å². The van der Waals surface area contributed by atoms with Crippen LogP contribution in [0.2, 0.25) is 5.02 Å². The molecule has 1 N–H and O–H groups in total. The van der Waals surface area contributed by atoms with E-state index in [0.717, 1.165) is 24.3 Å². The molecule has 3 aliphatic rings. The first kappa shape index (κ1) is 26.4. The van der Waals surface area contributed by atoms with Crippen LogP contribution in [0.5, 0.6) is 0 Å². The van der Waals surface area contributed by atoms with Crippen molar-refractivity contribution in [3.05, 3.63) is 23.2 Å². The number of likely N-dealkylation sites (tertiary alicyclic amines) is 1. The van der Waals surface area contributed by atoms with E-state index in [1.54, 1.807) is 12.4 Å². The van der Waals surface area contributed by atoms with E-state index in [2.05, 4.69) is 26.4 Å². The van der Waals surface area contributed by atoms with Gasteiger partial charge in [-0.15, -0.1) is 0 Å². The number of alkyl halides is 3. The number of nitrogens with zero attached hydrogens (tertiary/aromatic N) is 3. The summed E-state index contributed by atoms with van der Waals surface area (Å²) in [5.74, 6) is 1.32. The van der Waals surface area contributed by atoms with Crippen LogP contribution in [0.25, 0.3) is 0 Å². The standard InChI is InChI=1S/C21H28ClF3N4O5S/c1-11-14-5-13(3-4-21(11,14)19-26-7-12(22)8-27-19)34-9-17-15(28-35(31,32)10-23)6-16(18(24)25)29(17)20(30)33-2/h7-8,11,13-18,28H,3-6,9-10H2,1-2H3/t11?,13-,14?,15-,16?,17-,21+/m0/s1. The molecule has 2 saturated carbocycles. The lowest BCUT2D eigenvalue weighted by Crippen LogP contribution is -2.51. The van der Waals surface area contributed by atoms with E-state index in [9.17, 15) is 26.4 Å². The van der Waals surface area contributed by atoms with Crippen molar-refractivity contribution in [2.45, 2.75) is 68.7 Å². The highest BCUT2D eigenvalue weighted by atomic mass is 35.5. The van der Waals surface area contributed by atoms with Gasteiger partial charge in [0.2, 0.25) is 16.0 Å². The molecular weight excluding hydrogens is 513 g/mol. The van der Waals surface area contributed by atoms with Gasteiger partial charge >= 0.3 is 6.09 Å². The highest BCUT2D eigenvalue weighted by Gasteiger charge is 2.66. The Morgan fingerprint density at radius 3 is 2.60 bits per heavy atom. The Labute approximate surface area is 206 Å². The van der Waals surface area contributed by atoms with Gasteiger partial charge in [-0.3, -0.25) is 4.90 Å². The third-order valence-electron chi connectivity index (χ3n) is 7.73. The summed E-state index contributed by atoms with van der Waals surface area (Å²) in [7, 11) is -3.30. The molecule has 7 atom stereocenters. The first-order valence-electron chi connectivity index (χ1n) is 11.3. The normalized spacial score (nSPS) is 34.7. The minimum Gasteiger partial charge on any atom is -0.453 e. The van der Waals surface area contributed by atoms with E-state index in [4.69, 9.17) is 16.3 Å². The average Bonchev–Trinajstić information content (AvgIpc) is 3.26. The average molecular weight is 541 g/mol. The minimum absolute atomic E-state index is 0.157. The first-order valence-corrected chi connectivity index (χ1v) is 13.4. The zero-order valence-corrected chi connectivity index (χ0v) is 20.8. The number of carbonyl (C=O) groups excluding carboxylic acids is 1. The molecule has 0 aromatic carbocycles. The van der Waals surface area contributed by atoms with Crippen molar-refractivity contribution in [3.8, 4) is 0 Å². The second-order valence-corrected chi connectivity index (χ2v) is 11.5. The molecular formula is C21H28ClF3N4O5S. The van der Waals surface area contributed by atoms with Crippen LogP contribution in [0.3, 0.4) is 0 Å². The topological polar surface area (TPSA) is 111 Å². The molecule has 0 radical (unpaired) electrons. The summed E-state index contributed by atoms with van der Waals surface area (Å²) in [5.41, 5.74) is -0.157. The van der Waals surface area contributed by atoms with Gasteiger partial charge in [-0.2, -0.15) is 0 Å². The SMILES string of the molecule is COC(=O)N1C(C(F)F)C[C@H](NS(=O)(=O)CF)[C@@H]1CO[C@H]1CC[C@@]2(c3ncc(Cl)cn3)C(C)C2C1. The number of hydrogen-bond donors (Lipinski definition) is 1. The maximum atomic E-state index is 13.7. The van der Waals surface area contributed by atoms with Gasteiger partial charge in [0, 0.05) is 23.9 Å². The summed E-state index contributed by atoms with van der Waals surface area (Å²) in [5, 5.41) is 0.457. The van der Waals surface area contributed by atoms with E-state index in [-0.39, 0.29) is 30.5 Å². The first-order chi connectivity index (χ1) is 16.5. The molecule has 0 spiro atoms. The summed E-state index contributed by atoms with van der Waals surface area (Å²) in [6.07, 6.45) is 0.645. The maximum Gasteiger partial charge on any atom is 0.410 e. The molecule has 2 heterocycles. The zero-order chi connectivity index (χ0) is 25.5. The number of aromatic nitrogens is 2. The molecule has 14 heteroatoms. The molecule has 35 heavy (non-hydrogen) atoms. The van der Waals surface area contributed by atoms with Crippen molar-refractivity contribution in [1.82, 2.24) is 19.6 Å². The Balaban J connectivity index is 1.46. The number of halogens is 4. The van der Waals surface area contributed by atoms with Crippen molar-refractivity contribution in [1.29, 1.82) is 0 Å². The number of methoxy groups -OCH3 is 1. The van der Waals surface area contributed by atoms with Crippen molar-refractivity contribution < 1.29 is 35.9 Å². The fourth-order valence-corrected chi connectivity index (χ4v) is 6.81. The molecule has 9 nitrogen and oxygen atoms in total. The predicted octanol–water partition coefficient (Wildman–Crippen LogP) is 2.89. The van der Waals surface area contributed by atoms with E-state index >= 15 is 0 Å². The van der Waals surface area contributed by atoms with Gasteiger partial charge in [-0.1, -0.05) is 18.5 Å². The van der Waals surface area contributed by atoms with Gasteiger partial charge < -0.3 is 9.47 Å². The lowest BCUT2D eigenvalue weighted by Gasteiger charge is -2.33. The number of fused-ring (bicyclic) bond motifs is 1. The van der Waals surface area contributed by atoms with E-state index in [0.29, 0.717) is 23.8 Å². The Kier molecular flexibility index (Phi) is 7.52. The highest BCUT2D eigenvalue weighted by molar-refractivity contribution is 7.89. The quantitative estimate of drug-likeness (QED) is 0.540. The molecule has 1 aromatic heterocycles. The summed E-state index contributed by atoms with van der Waals surface area (Å²) in [4.78, 5) is 22.0.